The fraction of sp³-hybridized carbons (Fsp3) is 0.214. The van der Waals surface area contributed by atoms with Crippen molar-refractivity contribution in [1.29, 1.82) is 0 Å². The van der Waals surface area contributed by atoms with Gasteiger partial charge in [-0.2, -0.15) is 0 Å². The van der Waals surface area contributed by atoms with Gasteiger partial charge in [-0.05, 0) is 18.6 Å². The molecule has 0 unspecified atom stereocenters. The molecule has 0 atom stereocenters. The number of benzene rings is 1. The van der Waals surface area contributed by atoms with E-state index in [0.29, 0.717) is 5.82 Å². The summed E-state index contributed by atoms with van der Waals surface area (Å²) >= 11 is 0. The van der Waals surface area contributed by atoms with Crippen LogP contribution in [0.3, 0.4) is 0 Å². The highest BCUT2D eigenvalue weighted by molar-refractivity contribution is 5.87. The highest BCUT2D eigenvalue weighted by Crippen LogP contribution is 2.23. The first-order chi connectivity index (χ1) is 10.0. The molecule has 2 aromatic heterocycles. The summed E-state index contributed by atoms with van der Waals surface area (Å²) in [4.78, 5) is 24.1. The van der Waals surface area contributed by atoms with Crippen molar-refractivity contribution < 1.29 is 4.52 Å². The number of aryl methyl sites for hydroxylation is 2. The number of hydrogen-bond acceptors (Lipinski definition) is 5. The Labute approximate surface area is 119 Å². The lowest BCUT2D eigenvalue weighted by Crippen LogP contribution is -2.36. The minimum absolute atomic E-state index is 0.152. The first-order valence-electron chi connectivity index (χ1n) is 6.38. The minimum atomic E-state index is -0.453. The maximum absolute atomic E-state index is 12.3. The van der Waals surface area contributed by atoms with Crippen LogP contribution in [0.5, 0.6) is 0 Å². The zero-order valence-corrected chi connectivity index (χ0v) is 11.9. The van der Waals surface area contributed by atoms with E-state index in [4.69, 9.17) is 4.52 Å². The maximum atomic E-state index is 12.3. The third-order valence-electron chi connectivity index (χ3n) is 3.47. The molecule has 0 spiro atoms. The van der Waals surface area contributed by atoms with Crippen molar-refractivity contribution in [3.8, 4) is 0 Å². The molecule has 2 heterocycles. The van der Waals surface area contributed by atoms with Gasteiger partial charge in [-0.3, -0.25) is 13.9 Å². The standard InChI is InChI=1S/C14H14N4O3/c1-8-6-4-5-7-9(8)15-11-10-12(19)17(2)14(20)18(3)13(10)21-16-11/h4-7H,1-3H3,(H,15,16). The number of hydrogen-bond donors (Lipinski definition) is 1. The summed E-state index contributed by atoms with van der Waals surface area (Å²) in [7, 11) is 2.96. The van der Waals surface area contributed by atoms with Gasteiger partial charge in [0.2, 0.25) is 5.71 Å². The maximum Gasteiger partial charge on any atom is 0.333 e. The number of aromatic nitrogens is 3. The Morgan fingerprint density at radius 1 is 1.14 bits per heavy atom. The lowest BCUT2D eigenvalue weighted by Gasteiger charge is -2.06. The topological polar surface area (TPSA) is 82.1 Å². The quantitative estimate of drug-likeness (QED) is 0.767. The van der Waals surface area contributed by atoms with Gasteiger partial charge in [-0.1, -0.05) is 23.4 Å². The smallest absolute Gasteiger partial charge is 0.333 e. The van der Waals surface area contributed by atoms with Crippen LogP contribution in [0.2, 0.25) is 0 Å². The Balaban J connectivity index is 2.24. The second kappa shape index (κ2) is 4.62. The van der Waals surface area contributed by atoms with E-state index >= 15 is 0 Å². The third-order valence-corrected chi connectivity index (χ3v) is 3.47. The van der Waals surface area contributed by atoms with Crippen LogP contribution in [0.1, 0.15) is 5.56 Å². The van der Waals surface area contributed by atoms with Gasteiger partial charge >= 0.3 is 5.69 Å². The number of fused-ring (bicyclic) bond motifs is 1. The van der Waals surface area contributed by atoms with E-state index < -0.39 is 11.2 Å². The largest absolute Gasteiger partial charge is 0.336 e. The molecule has 7 heteroatoms. The second-order valence-corrected chi connectivity index (χ2v) is 4.86. The molecule has 108 valence electrons. The molecule has 3 aromatic rings. The molecule has 0 aliphatic rings. The van der Waals surface area contributed by atoms with Crippen molar-refractivity contribution in [3.05, 3.63) is 50.7 Å². The number of nitrogens with zero attached hydrogens (tertiary/aromatic N) is 3. The molecule has 0 amide bonds. The fourth-order valence-electron chi connectivity index (χ4n) is 2.20. The minimum Gasteiger partial charge on any atom is -0.336 e. The first-order valence-corrected chi connectivity index (χ1v) is 6.38. The molecule has 0 saturated carbocycles. The van der Waals surface area contributed by atoms with E-state index in [1.165, 1.54) is 18.7 Å². The fourth-order valence-corrected chi connectivity index (χ4v) is 2.20. The van der Waals surface area contributed by atoms with E-state index in [2.05, 4.69) is 10.5 Å². The lowest BCUT2D eigenvalue weighted by atomic mass is 10.2. The third kappa shape index (κ3) is 1.94. The number of rotatable bonds is 2. The molecule has 7 nitrogen and oxygen atoms in total. The van der Waals surface area contributed by atoms with E-state index in [9.17, 15) is 9.59 Å². The Kier molecular flexibility index (Phi) is 2.90. The summed E-state index contributed by atoms with van der Waals surface area (Å²) in [5, 5.41) is 7.21. The predicted molar refractivity (Wildman–Crippen MR) is 79.0 cm³/mol. The van der Waals surface area contributed by atoms with Gasteiger partial charge in [-0.15, -0.1) is 0 Å². The summed E-state index contributed by atoms with van der Waals surface area (Å²) in [5.41, 5.74) is 1.09. The van der Waals surface area contributed by atoms with Crippen LogP contribution in [0, 0.1) is 6.92 Å². The summed E-state index contributed by atoms with van der Waals surface area (Å²) in [5.74, 6) is 0.301. The monoisotopic (exact) mass is 286 g/mol. The van der Waals surface area contributed by atoms with Crippen LogP contribution >= 0.6 is 0 Å². The molecular weight excluding hydrogens is 272 g/mol. The number of para-hydroxylation sites is 1. The van der Waals surface area contributed by atoms with Gasteiger partial charge in [0.1, 0.15) is 5.39 Å². The normalized spacial score (nSPS) is 11.0. The van der Waals surface area contributed by atoms with E-state index in [-0.39, 0.29) is 11.1 Å². The molecule has 0 aliphatic heterocycles. The van der Waals surface area contributed by atoms with Crippen LogP contribution < -0.4 is 16.6 Å². The van der Waals surface area contributed by atoms with E-state index in [1.807, 2.05) is 31.2 Å². The predicted octanol–water partition coefficient (Wildman–Crippen LogP) is 1.28. The molecule has 1 N–H and O–H groups in total. The van der Waals surface area contributed by atoms with Crippen LogP contribution in [0.15, 0.2) is 38.4 Å². The van der Waals surface area contributed by atoms with Gasteiger partial charge in [0, 0.05) is 19.8 Å². The molecule has 21 heavy (non-hydrogen) atoms. The molecule has 0 fully saturated rings. The molecule has 1 aromatic carbocycles. The molecule has 3 rings (SSSR count). The van der Waals surface area contributed by atoms with Crippen molar-refractivity contribution >= 4 is 22.6 Å². The zero-order chi connectivity index (χ0) is 15.1. The SMILES string of the molecule is Cc1ccccc1Nc1noc2c1c(=O)n(C)c(=O)n2C. The van der Waals surface area contributed by atoms with Gasteiger partial charge < -0.3 is 9.84 Å². The Hall–Kier alpha value is -2.83. The Bertz CT molecular complexity index is 949. The Morgan fingerprint density at radius 2 is 1.86 bits per heavy atom. The van der Waals surface area contributed by atoms with Crippen LogP contribution in [0.25, 0.3) is 11.1 Å². The van der Waals surface area contributed by atoms with Gasteiger partial charge in [0.05, 0.1) is 0 Å². The second-order valence-electron chi connectivity index (χ2n) is 4.86. The highest BCUT2D eigenvalue weighted by atomic mass is 16.5. The zero-order valence-electron chi connectivity index (χ0n) is 11.9. The first kappa shape index (κ1) is 13.2. The van der Waals surface area contributed by atoms with Crippen LogP contribution in [-0.4, -0.2) is 14.3 Å². The van der Waals surface area contributed by atoms with Crippen molar-refractivity contribution in [2.75, 3.05) is 5.32 Å². The summed E-state index contributed by atoms with van der Waals surface area (Å²) < 4.78 is 7.43. The summed E-state index contributed by atoms with van der Waals surface area (Å²) in [6.45, 7) is 1.94. The number of anilines is 2. The van der Waals surface area contributed by atoms with Crippen molar-refractivity contribution in [3.63, 3.8) is 0 Å². The van der Waals surface area contributed by atoms with Gasteiger partial charge in [0.15, 0.2) is 5.82 Å². The van der Waals surface area contributed by atoms with Gasteiger partial charge in [-0.25, -0.2) is 4.79 Å². The highest BCUT2D eigenvalue weighted by Gasteiger charge is 2.18. The summed E-state index contributed by atoms with van der Waals surface area (Å²) in [6.07, 6.45) is 0. The molecular formula is C14H14N4O3. The summed E-state index contributed by atoms with van der Waals surface area (Å²) in [6, 6.07) is 7.62. The average Bonchev–Trinajstić information content (AvgIpc) is 2.89. The molecule has 0 bridgehead atoms. The Morgan fingerprint density at radius 3 is 2.57 bits per heavy atom. The molecule has 0 radical (unpaired) electrons. The lowest BCUT2D eigenvalue weighted by molar-refractivity contribution is 0.437. The molecule has 0 saturated heterocycles. The average molecular weight is 286 g/mol. The van der Waals surface area contributed by atoms with E-state index in [1.54, 1.807) is 0 Å². The van der Waals surface area contributed by atoms with Crippen LogP contribution in [0.4, 0.5) is 11.5 Å². The number of nitrogens with one attached hydrogen (secondary N) is 1. The molecule has 0 aliphatic carbocycles. The van der Waals surface area contributed by atoms with Crippen molar-refractivity contribution in [1.82, 2.24) is 14.3 Å². The van der Waals surface area contributed by atoms with Crippen LogP contribution in [-0.2, 0) is 14.1 Å². The van der Waals surface area contributed by atoms with Crippen molar-refractivity contribution in [2.24, 2.45) is 14.1 Å². The van der Waals surface area contributed by atoms with E-state index in [0.717, 1.165) is 15.8 Å². The van der Waals surface area contributed by atoms with Gasteiger partial charge in [0.25, 0.3) is 5.56 Å². The van der Waals surface area contributed by atoms with Crippen molar-refractivity contribution in [2.45, 2.75) is 6.92 Å².